The van der Waals surface area contributed by atoms with Crippen molar-refractivity contribution < 1.29 is 8.42 Å². The van der Waals surface area contributed by atoms with E-state index in [4.69, 9.17) is 5.73 Å². The average molecular weight is 226 g/mol. The first-order valence-corrected chi connectivity index (χ1v) is 6.72. The Morgan fingerprint density at radius 1 is 1.40 bits per heavy atom. The molecule has 0 radical (unpaired) electrons. The molecule has 1 fully saturated rings. The van der Waals surface area contributed by atoms with Crippen LogP contribution in [0.4, 0.5) is 11.4 Å². The van der Waals surface area contributed by atoms with Crippen LogP contribution in [0.15, 0.2) is 23.1 Å². The van der Waals surface area contributed by atoms with E-state index in [1.165, 1.54) is 12.3 Å². The molecular weight excluding hydrogens is 212 g/mol. The molecule has 82 valence electrons. The second-order valence-corrected chi connectivity index (χ2v) is 5.96. The van der Waals surface area contributed by atoms with Gasteiger partial charge >= 0.3 is 0 Å². The number of hydrogen-bond donors (Lipinski definition) is 2. The molecule has 3 N–H and O–H groups in total. The summed E-state index contributed by atoms with van der Waals surface area (Å²) in [4.78, 5) is 0.305. The molecule has 5 heteroatoms. The molecule has 0 atom stereocenters. The Balaban J connectivity index is 2.35. The summed E-state index contributed by atoms with van der Waals surface area (Å²) in [6.07, 6.45) is 3.45. The van der Waals surface area contributed by atoms with Crippen LogP contribution in [0.1, 0.15) is 12.8 Å². The second kappa shape index (κ2) is 3.41. The van der Waals surface area contributed by atoms with Gasteiger partial charge in [0.25, 0.3) is 0 Å². The summed E-state index contributed by atoms with van der Waals surface area (Å²) in [5, 5.41) is 3.21. The number of benzene rings is 1. The van der Waals surface area contributed by atoms with Crippen molar-refractivity contribution in [1.29, 1.82) is 0 Å². The van der Waals surface area contributed by atoms with Crippen LogP contribution in [-0.2, 0) is 9.84 Å². The molecular formula is C10H14N2O2S. The average Bonchev–Trinajstić information content (AvgIpc) is 2.90. The minimum absolute atomic E-state index is 0.305. The van der Waals surface area contributed by atoms with Gasteiger partial charge in [-0.3, -0.25) is 0 Å². The van der Waals surface area contributed by atoms with E-state index in [1.54, 1.807) is 12.1 Å². The predicted molar refractivity (Wildman–Crippen MR) is 60.6 cm³/mol. The van der Waals surface area contributed by atoms with E-state index in [1.807, 2.05) is 0 Å². The van der Waals surface area contributed by atoms with Gasteiger partial charge in [-0.2, -0.15) is 0 Å². The van der Waals surface area contributed by atoms with Crippen LogP contribution in [0.2, 0.25) is 0 Å². The smallest absolute Gasteiger partial charge is 0.175 e. The second-order valence-electron chi connectivity index (χ2n) is 3.94. The number of anilines is 2. The summed E-state index contributed by atoms with van der Waals surface area (Å²) >= 11 is 0. The molecule has 1 aliphatic carbocycles. The van der Waals surface area contributed by atoms with E-state index in [0.29, 0.717) is 16.6 Å². The molecule has 4 nitrogen and oxygen atoms in total. The van der Waals surface area contributed by atoms with Crippen LogP contribution in [0.3, 0.4) is 0 Å². The summed E-state index contributed by atoms with van der Waals surface area (Å²) in [6.45, 7) is 0. The van der Waals surface area contributed by atoms with E-state index in [2.05, 4.69) is 5.32 Å². The Kier molecular flexibility index (Phi) is 2.34. The fraction of sp³-hybridized carbons (Fsp3) is 0.400. The van der Waals surface area contributed by atoms with E-state index >= 15 is 0 Å². The van der Waals surface area contributed by atoms with Crippen molar-refractivity contribution in [2.24, 2.45) is 0 Å². The Hall–Kier alpha value is -1.23. The fourth-order valence-electron chi connectivity index (χ4n) is 1.34. The highest BCUT2D eigenvalue weighted by Crippen LogP contribution is 2.29. The minimum Gasteiger partial charge on any atom is -0.397 e. The van der Waals surface area contributed by atoms with Gasteiger partial charge in [-0.05, 0) is 31.0 Å². The Labute approximate surface area is 89.4 Å². The molecule has 0 bridgehead atoms. The topological polar surface area (TPSA) is 72.2 Å². The molecule has 2 rings (SSSR count). The number of hydrogen-bond acceptors (Lipinski definition) is 4. The summed E-state index contributed by atoms with van der Waals surface area (Å²) in [5.41, 5.74) is 7.07. The van der Waals surface area contributed by atoms with Crippen LogP contribution >= 0.6 is 0 Å². The quantitative estimate of drug-likeness (QED) is 0.761. The molecule has 1 aliphatic rings. The first-order chi connectivity index (χ1) is 6.97. The normalized spacial score (nSPS) is 16.3. The molecule has 0 heterocycles. The first kappa shape index (κ1) is 10.3. The first-order valence-electron chi connectivity index (χ1n) is 4.83. The molecule has 0 aliphatic heterocycles. The van der Waals surface area contributed by atoms with Crippen LogP contribution in [-0.4, -0.2) is 20.7 Å². The zero-order valence-electron chi connectivity index (χ0n) is 8.53. The van der Waals surface area contributed by atoms with Crippen molar-refractivity contribution in [3.63, 3.8) is 0 Å². The van der Waals surface area contributed by atoms with Gasteiger partial charge in [-0.15, -0.1) is 0 Å². The molecule has 1 saturated carbocycles. The van der Waals surface area contributed by atoms with Gasteiger partial charge in [0, 0.05) is 12.3 Å². The molecule has 0 saturated heterocycles. The highest BCUT2D eigenvalue weighted by atomic mass is 32.2. The number of nitrogens with one attached hydrogen (secondary N) is 1. The molecule has 0 amide bonds. The number of nitrogens with two attached hydrogens (primary N) is 1. The Morgan fingerprint density at radius 2 is 2.07 bits per heavy atom. The molecule has 1 aromatic rings. The van der Waals surface area contributed by atoms with Gasteiger partial charge in [0.2, 0.25) is 0 Å². The third-order valence-corrected chi connectivity index (χ3v) is 3.50. The van der Waals surface area contributed by atoms with Gasteiger partial charge in [0.1, 0.15) is 0 Å². The van der Waals surface area contributed by atoms with Crippen molar-refractivity contribution in [2.75, 3.05) is 17.3 Å². The fourth-order valence-corrected chi connectivity index (χ4v) is 1.99. The highest BCUT2D eigenvalue weighted by Gasteiger charge is 2.22. The minimum atomic E-state index is -3.15. The van der Waals surface area contributed by atoms with E-state index in [9.17, 15) is 8.42 Å². The van der Waals surface area contributed by atoms with E-state index in [0.717, 1.165) is 18.5 Å². The van der Waals surface area contributed by atoms with Crippen molar-refractivity contribution in [1.82, 2.24) is 0 Å². The summed E-state index contributed by atoms with van der Waals surface area (Å²) in [6, 6.07) is 5.22. The standard InChI is InChI=1S/C10H14N2O2S/c1-15(13,14)8-4-5-9(11)10(6-8)12-7-2-3-7/h4-7,12H,2-3,11H2,1H3. The van der Waals surface area contributed by atoms with Gasteiger partial charge in [0.05, 0.1) is 16.3 Å². The monoisotopic (exact) mass is 226 g/mol. The zero-order valence-corrected chi connectivity index (χ0v) is 9.34. The Morgan fingerprint density at radius 3 is 2.60 bits per heavy atom. The van der Waals surface area contributed by atoms with Crippen LogP contribution in [0, 0.1) is 0 Å². The summed E-state index contributed by atoms with van der Waals surface area (Å²) < 4.78 is 22.7. The molecule has 15 heavy (non-hydrogen) atoms. The third-order valence-electron chi connectivity index (χ3n) is 2.39. The summed E-state index contributed by atoms with van der Waals surface area (Å²) in [7, 11) is -3.15. The van der Waals surface area contributed by atoms with E-state index < -0.39 is 9.84 Å². The van der Waals surface area contributed by atoms with E-state index in [-0.39, 0.29) is 0 Å². The maximum atomic E-state index is 11.3. The van der Waals surface area contributed by atoms with Crippen molar-refractivity contribution in [2.45, 2.75) is 23.8 Å². The lowest BCUT2D eigenvalue weighted by Gasteiger charge is -2.09. The molecule has 0 aromatic heterocycles. The van der Waals surface area contributed by atoms with Crippen molar-refractivity contribution >= 4 is 21.2 Å². The molecule has 0 spiro atoms. The maximum absolute atomic E-state index is 11.3. The maximum Gasteiger partial charge on any atom is 0.175 e. The Bertz CT molecular complexity index is 478. The largest absolute Gasteiger partial charge is 0.397 e. The number of rotatable bonds is 3. The number of nitrogen functional groups attached to an aromatic ring is 1. The molecule has 0 unspecified atom stereocenters. The van der Waals surface area contributed by atoms with Gasteiger partial charge in [-0.1, -0.05) is 0 Å². The zero-order chi connectivity index (χ0) is 11.1. The SMILES string of the molecule is CS(=O)(=O)c1ccc(N)c(NC2CC2)c1. The van der Waals surface area contributed by atoms with Crippen molar-refractivity contribution in [3.05, 3.63) is 18.2 Å². The molecule has 1 aromatic carbocycles. The lowest BCUT2D eigenvalue weighted by atomic mass is 10.2. The summed E-state index contributed by atoms with van der Waals surface area (Å²) in [5.74, 6) is 0. The van der Waals surface area contributed by atoms with Crippen LogP contribution < -0.4 is 11.1 Å². The van der Waals surface area contributed by atoms with Crippen molar-refractivity contribution in [3.8, 4) is 0 Å². The van der Waals surface area contributed by atoms with Gasteiger partial charge < -0.3 is 11.1 Å². The van der Waals surface area contributed by atoms with Crippen LogP contribution in [0.5, 0.6) is 0 Å². The highest BCUT2D eigenvalue weighted by molar-refractivity contribution is 7.90. The van der Waals surface area contributed by atoms with Crippen LogP contribution in [0.25, 0.3) is 0 Å². The van der Waals surface area contributed by atoms with Gasteiger partial charge in [-0.25, -0.2) is 8.42 Å². The third kappa shape index (κ3) is 2.41. The number of sulfone groups is 1. The predicted octanol–water partition coefficient (Wildman–Crippen LogP) is 1.25. The van der Waals surface area contributed by atoms with Gasteiger partial charge in [0.15, 0.2) is 9.84 Å². The lowest BCUT2D eigenvalue weighted by molar-refractivity contribution is 0.602. The lowest BCUT2D eigenvalue weighted by Crippen LogP contribution is -2.06.